The molecular weight excluding hydrogens is 366 g/mol. The number of nitrogens with zero attached hydrogens (tertiary/aromatic N) is 4. The van der Waals surface area contributed by atoms with E-state index < -0.39 is 10.0 Å². The zero-order valence-electron chi connectivity index (χ0n) is 13.7. The van der Waals surface area contributed by atoms with Crippen molar-refractivity contribution in [2.24, 2.45) is 5.73 Å². The summed E-state index contributed by atoms with van der Waals surface area (Å²) in [7, 11) is -3.29. The van der Waals surface area contributed by atoms with Gasteiger partial charge in [-0.05, 0) is 5.56 Å². The highest BCUT2D eigenvalue weighted by molar-refractivity contribution is 7.88. The number of nitrogens with two attached hydrogens (primary N) is 1. The Morgan fingerprint density at radius 3 is 2.40 bits per heavy atom. The summed E-state index contributed by atoms with van der Waals surface area (Å²) in [6, 6.07) is 9.24. The van der Waals surface area contributed by atoms with Gasteiger partial charge in [0, 0.05) is 26.2 Å². The topological polar surface area (TPSA) is 106 Å². The fourth-order valence-corrected chi connectivity index (χ4v) is 4.20. The summed E-state index contributed by atoms with van der Waals surface area (Å²) in [6.45, 7) is 2.98. The Bertz CT molecular complexity index is 760. The van der Waals surface area contributed by atoms with E-state index in [2.05, 4.69) is 15.0 Å². The summed E-state index contributed by atoms with van der Waals surface area (Å²) in [5.41, 5.74) is 6.25. The van der Waals surface area contributed by atoms with Gasteiger partial charge >= 0.3 is 0 Å². The van der Waals surface area contributed by atoms with Gasteiger partial charge in [0.25, 0.3) is 0 Å². The normalized spacial score (nSPS) is 16.5. The molecule has 0 radical (unpaired) electrons. The molecule has 10 heteroatoms. The maximum atomic E-state index is 12.5. The van der Waals surface area contributed by atoms with Crippen LogP contribution in [0.5, 0.6) is 0 Å². The predicted octanol–water partition coefficient (Wildman–Crippen LogP) is 0.598. The van der Waals surface area contributed by atoms with Crippen LogP contribution in [0.25, 0.3) is 0 Å². The highest BCUT2D eigenvalue weighted by Gasteiger charge is 2.27. The SMILES string of the molecule is Cl.NCc1nc(CN2CCN(S(=O)(=O)Cc3ccccc3)CC2)no1. The minimum atomic E-state index is -3.29. The quantitative estimate of drug-likeness (QED) is 0.773. The van der Waals surface area contributed by atoms with E-state index in [1.165, 1.54) is 0 Å². The van der Waals surface area contributed by atoms with Crippen LogP contribution in [0.2, 0.25) is 0 Å². The second-order valence-electron chi connectivity index (χ2n) is 5.73. The number of halogens is 1. The van der Waals surface area contributed by atoms with E-state index in [-0.39, 0.29) is 24.7 Å². The molecule has 1 fully saturated rings. The molecule has 2 N–H and O–H groups in total. The summed E-state index contributed by atoms with van der Waals surface area (Å²) in [5.74, 6) is 1.03. The van der Waals surface area contributed by atoms with Crippen molar-refractivity contribution in [1.29, 1.82) is 0 Å². The molecule has 1 saturated heterocycles. The Kier molecular flexibility index (Phi) is 6.91. The number of hydrogen-bond acceptors (Lipinski definition) is 7. The molecule has 2 aromatic rings. The molecule has 1 aromatic carbocycles. The molecule has 0 unspecified atom stereocenters. The molecule has 1 aliphatic rings. The third kappa shape index (κ3) is 5.23. The molecule has 0 saturated carbocycles. The highest BCUT2D eigenvalue weighted by Crippen LogP contribution is 2.14. The van der Waals surface area contributed by atoms with Crippen LogP contribution in [0.15, 0.2) is 34.9 Å². The van der Waals surface area contributed by atoms with Crippen molar-refractivity contribution in [3.63, 3.8) is 0 Å². The number of hydrogen-bond donors (Lipinski definition) is 1. The van der Waals surface area contributed by atoms with Crippen molar-refractivity contribution in [3.8, 4) is 0 Å². The van der Waals surface area contributed by atoms with Crippen LogP contribution in [0.1, 0.15) is 17.3 Å². The number of piperazine rings is 1. The first-order valence-corrected chi connectivity index (χ1v) is 9.43. The lowest BCUT2D eigenvalue weighted by Gasteiger charge is -2.33. The summed E-state index contributed by atoms with van der Waals surface area (Å²) >= 11 is 0. The van der Waals surface area contributed by atoms with E-state index >= 15 is 0 Å². The molecule has 0 aliphatic carbocycles. The first-order chi connectivity index (χ1) is 11.6. The number of aromatic nitrogens is 2. The van der Waals surface area contributed by atoms with Crippen molar-refractivity contribution >= 4 is 22.4 Å². The van der Waals surface area contributed by atoms with Crippen LogP contribution in [0.3, 0.4) is 0 Å². The Labute approximate surface area is 153 Å². The second-order valence-corrected chi connectivity index (χ2v) is 7.69. The van der Waals surface area contributed by atoms with E-state index in [0.29, 0.717) is 44.4 Å². The summed E-state index contributed by atoms with van der Waals surface area (Å²) in [5, 5.41) is 3.87. The van der Waals surface area contributed by atoms with Gasteiger partial charge in [-0.3, -0.25) is 4.90 Å². The van der Waals surface area contributed by atoms with Crippen LogP contribution in [0.4, 0.5) is 0 Å². The molecule has 0 atom stereocenters. The first-order valence-electron chi connectivity index (χ1n) is 7.82. The van der Waals surface area contributed by atoms with Gasteiger partial charge in [0.15, 0.2) is 5.82 Å². The van der Waals surface area contributed by atoms with Crippen LogP contribution >= 0.6 is 12.4 Å². The molecule has 2 heterocycles. The van der Waals surface area contributed by atoms with Gasteiger partial charge in [-0.25, -0.2) is 8.42 Å². The minimum Gasteiger partial charge on any atom is -0.338 e. The fraction of sp³-hybridized carbons (Fsp3) is 0.467. The molecule has 25 heavy (non-hydrogen) atoms. The zero-order chi connectivity index (χ0) is 17.0. The average Bonchev–Trinajstić information content (AvgIpc) is 3.03. The molecule has 0 bridgehead atoms. The first kappa shape index (κ1) is 19.8. The van der Waals surface area contributed by atoms with Gasteiger partial charge in [-0.1, -0.05) is 35.5 Å². The highest BCUT2D eigenvalue weighted by atomic mass is 35.5. The lowest BCUT2D eigenvalue weighted by atomic mass is 10.2. The predicted molar refractivity (Wildman–Crippen MR) is 95.4 cm³/mol. The van der Waals surface area contributed by atoms with E-state index in [1.54, 1.807) is 4.31 Å². The molecule has 0 spiro atoms. The Balaban J connectivity index is 0.00000225. The van der Waals surface area contributed by atoms with Crippen molar-refractivity contribution in [1.82, 2.24) is 19.3 Å². The van der Waals surface area contributed by atoms with Gasteiger partial charge < -0.3 is 10.3 Å². The number of rotatable bonds is 6. The molecular formula is C15H22ClN5O3S. The third-order valence-electron chi connectivity index (χ3n) is 3.97. The van der Waals surface area contributed by atoms with Crippen LogP contribution < -0.4 is 5.73 Å². The Morgan fingerprint density at radius 2 is 1.80 bits per heavy atom. The van der Waals surface area contributed by atoms with E-state index in [9.17, 15) is 8.42 Å². The van der Waals surface area contributed by atoms with E-state index in [4.69, 9.17) is 10.3 Å². The minimum absolute atomic E-state index is 0. The fourth-order valence-electron chi connectivity index (χ4n) is 2.68. The van der Waals surface area contributed by atoms with Crippen molar-refractivity contribution in [2.45, 2.75) is 18.8 Å². The molecule has 0 amide bonds. The zero-order valence-corrected chi connectivity index (χ0v) is 15.4. The Morgan fingerprint density at radius 1 is 1.12 bits per heavy atom. The van der Waals surface area contributed by atoms with Gasteiger partial charge in [0.05, 0.1) is 18.8 Å². The molecule has 1 aliphatic heterocycles. The average molecular weight is 388 g/mol. The molecule has 1 aromatic heterocycles. The van der Waals surface area contributed by atoms with Gasteiger partial charge in [-0.2, -0.15) is 9.29 Å². The molecule has 8 nitrogen and oxygen atoms in total. The van der Waals surface area contributed by atoms with Gasteiger partial charge in [-0.15, -0.1) is 12.4 Å². The second kappa shape index (κ2) is 8.72. The van der Waals surface area contributed by atoms with Crippen LogP contribution in [-0.4, -0.2) is 53.9 Å². The summed E-state index contributed by atoms with van der Waals surface area (Å²) in [4.78, 5) is 6.28. The van der Waals surface area contributed by atoms with Crippen molar-refractivity contribution in [2.75, 3.05) is 26.2 Å². The van der Waals surface area contributed by atoms with Crippen molar-refractivity contribution in [3.05, 3.63) is 47.6 Å². The van der Waals surface area contributed by atoms with Crippen LogP contribution in [-0.2, 0) is 28.9 Å². The summed E-state index contributed by atoms with van der Waals surface area (Å²) < 4.78 is 31.6. The van der Waals surface area contributed by atoms with Crippen LogP contribution in [0, 0.1) is 0 Å². The smallest absolute Gasteiger partial charge is 0.240 e. The third-order valence-corrected chi connectivity index (χ3v) is 5.82. The standard InChI is InChI=1S/C15H21N5O3S.ClH/c16-10-15-17-14(18-23-15)11-19-6-8-20(9-7-19)24(21,22)12-13-4-2-1-3-5-13;/h1-5H,6-12,16H2;1H. The Hall–Kier alpha value is -1.52. The summed E-state index contributed by atoms with van der Waals surface area (Å²) in [6.07, 6.45) is 0. The lowest BCUT2D eigenvalue weighted by molar-refractivity contribution is 0.176. The lowest BCUT2D eigenvalue weighted by Crippen LogP contribution is -2.48. The largest absolute Gasteiger partial charge is 0.338 e. The number of sulfonamides is 1. The van der Waals surface area contributed by atoms with Crippen molar-refractivity contribution < 1.29 is 12.9 Å². The maximum Gasteiger partial charge on any atom is 0.240 e. The monoisotopic (exact) mass is 387 g/mol. The van der Waals surface area contributed by atoms with E-state index in [0.717, 1.165) is 5.56 Å². The maximum absolute atomic E-state index is 12.5. The van der Waals surface area contributed by atoms with Gasteiger partial charge in [0.1, 0.15) is 0 Å². The molecule has 138 valence electrons. The molecule has 3 rings (SSSR count). The van der Waals surface area contributed by atoms with Gasteiger partial charge in [0.2, 0.25) is 15.9 Å². The van der Waals surface area contributed by atoms with E-state index in [1.807, 2.05) is 30.3 Å². The number of benzene rings is 1.